The number of aliphatic imine (C=N–C) groups is 1. The molecule has 1 aromatic heterocycles. The Morgan fingerprint density at radius 1 is 1.04 bits per heavy atom. The summed E-state index contributed by atoms with van der Waals surface area (Å²) >= 11 is 1.59. The van der Waals surface area contributed by atoms with Crippen molar-refractivity contribution in [2.24, 2.45) is 4.99 Å². The number of nitrogens with zero attached hydrogens (tertiary/aromatic N) is 1. The molecule has 0 saturated heterocycles. The van der Waals surface area contributed by atoms with Gasteiger partial charge in [-0.3, -0.25) is 9.79 Å². The Bertz CT molecular complexity index is 1860. The SMILES string of the molecule is CCCN=Cc1c(N)ccc(-c2cc3c(cc2C(=O)Nc2ccc(CNC(=O)OC(C)(C)C)cc2)-c2sccc2CCO3)c1C(=O)OC. The van der Waals surface area contributed by atoms with Crippen LogP contribution < -0.4 is 21.1 Å². The van der Waals surface area contributed by atoms with E-state index >= 15 is 0 Å². The van der Waals surface area contributed by atoms with Crippen LogP contribution in [0, 0.1) is 0 Å². The zero-order chi connectivity index (χ0) is 34.4. The van der Waals surface area contributed by atoms with Gasteiger partial charge >= 0.3 is 12.1 Å². The van der Waals surface area contributed by atoms with Crippen LogP contribution in [0.3, 0.4) is 0 Å². The molecule has 0 aliphatic carbocycles. The minimum absolute atomic E-state index is 0.207. The van der Waals surface area contributed by atoms with Crippen LogP contribution in [0.2, 0.25) is 0 Å². The molecule has 0 atom stereocenters. The third-order valence-electron chi connectivity index (χ3n) is 7.56. The van der Waals surface area contributed by atoms with Gasteiger partial charge in [-0.15, -0.1) is 11.3 Å². The maximum Gasteiger partial charge on any atom is 0.407 e. The second-order valence-electron chi connectivity index (χ2n) is 12.3. The van der Waals surface area contributed by atoms with Crippen LogP contribution in [-0.4, -0.2) is 50.0 Å². The molecule has 0 unspecified atom stereocenters. The zero-order valence-corrected chi connectivity index (χ0v) is 28.6. The largest absolute Gasteiger partial charge is 0.493 e. The molecule has 11 heteroatoms. The number of fused-ring (bicyclic) bond motifs is 3. The predicted molar refractivity (Wildman–Crippen MR) is 190 cm³/mol. The molecule has 1 aliphatic heterocycles. The Kier molecular flexibility index (Phi) is 10.5. The second kappa shape index (κ2) is 14.7. The Morgan fingerprint density at radius 3 is 2.52 bits per heavy atom. The molecule has 1 aliphatic rings. The molecule has 0 saturated carbocycles. The molecular weight excluding hydrogens is 628 g/mol. The van der Waals surface area contributed by atoms with E-state index in [0.717, 1.165) is 34.4 Å². The van der Waals surface area contributed by atoms with E-state index in [-0.39, 0.29) is 18.0 Å². The average Bonchev–Trinajstić information content (AvgIpc) is 3.45. The molecule has 0 radical (unpaired) electrons. The highest BCUT2D eigenvalue weighted by Crippen LogP contribution is 2.44. The molecule has 2 heterocycles. The van der Waals surface area contributed by atoms with Crippen LogP contribution in [0.1, 0.15) is 71.5 Å². The van der Waals surface area contributed by atoms with Crippen molar-refractivity contribution < 1.29 is 28.6 Å². The van der Waals surface area contributed by atoms with Gasteiger partial charge in [0.05, 0.1) is 19.3 Å². The lowest BCUT2D eigenvalue weighted by atomic mass is 9.89. The van der Waals surface area contributed by atoms with Crippen molar-refractivity contribution in [2.75, 3.05) is 31.3 Å². The van der Waals surface area contributed by atoms with E-state index in [2.05, 4.69) is 21.7 Å². The topological polar surface area (TPSA) is 141 Å². The molecule has 5 rings (SSSR count). The summed E-state index contributed by atoms with van der Waals surface area (Å²) in [5.74, 6) is -0.379. The van der Waals surface area contributed by atoms with Crippen LogP contribution in [0.15, 0.2) is 65.0 Å². The first-order valence-corrected chi connectivity index (χ1v) is 16.6. The van der Waals surface area contributed by atoms with Gasteiger partial charge in [0.1, 0.15) is 11.4 Å². The first-order chi connectivity index (χ1) is 23.0. The third kappa shape index (κ3) is 7.86. The van der Waals surface area contributed by atoms with Gasteiger partial charge in [0.15, 0.2) is 0 Å². The summed E-state index contributed by atoms with van der Waals surface area (Å²) < 4.78 is 16.7. The number of nitrogen functional groups attached to an aromatic ring is 1. The fraction of sp³-hybridized carbons (Fsp3) is 0.297. The predicted octanol–water partition coefficient (Wildman–Crippen LogP) is 7.49. The number of benzene rings is 3. The number of carbonyl (C=O) groups is 3. The lowest BCUT2D eigenvalue weighted by Gasteiger charge is -2.20. The van der Waals surface area contributed by atoms with Crippen molar-refractivity contribution in [1.29, 1.82) is 0 Å². The Hall–Kier alpha value is -5.16. The van der Waals surface area contributed by atoms with E-state index < -0.39 is 17.7 Å². The van der Waals surface area contributed by atoms with E-state index in [9.17, 15) is 14.4 Å². The Balaban J connectivity index is 1.56. The summed E-state index contributed by atoms with van der Waals surface area (Å²) in [5, 5.41) is 7.77. The quantitative estimate of drug-likeness (QED) is 0.0953. The highest BCUT2D eigenvalue weighted by molar-refractivity contribution is 7.13. The number of esters is 1. The highest BCUT2D eigenvalue weighted by Gasteiger charge is 2.27. The maximum absolute atomic E-state index is 14.2. The van der Waals surface area contributed by atoms with Gasteiger partial charge in [0.2, 0.25) is 0 Å². The minimum atomic E-state index is -0.603. The van der Waals surface area contributed by atoms with Crippen LogP contribution in [0.5, 0.6) is 5.75 Å². The van der Waals surface area contributed by atoms with Crippen molar-refractivity contribution in [1.82, 2.24) is 5.32 Å². The number of anilines is 2. The molecule has 3 aromatic carbocycles. The summed E-state index contributed by atoms with van der Waals surface area (Å²) in [7, 11) is 1.31. The molecule has 0 spiro atoms. The highest BCUT2D eigenvalue weighted by atomic mass is 32.1. The smallest absolute Gasteiger partial charge is 0.407 e. The number of ether oxygens (including phenoxy) is 3. The van der Waals surface area contributed by atoms with Crippen LogP contribution in [-0.2, 0) is 22.4 Å². The number of rotatable bonds is 9. The molecule has 0 bridgehead atoms. The normalized spacial score (nSPS) is 12.4. The minimum Gasteiger partial charge on any atom is -0.493 e. The summed E-state index contributed by atoms with van der Waals surface area (Å²) in [4.78, 5) is 45.1. The summed E-state index contributed by atoms with van der Waals surface area (Å²) in [6, 6.07) is 16.3. The van der Waals surface area contributed by atoms with E-state index in [1.165, 1.54) is 7.11 Å². The van der Waals surface area contributed by atoms with Crippen molar-refractivity contribution in [3.05, 3.63) is 87.8 Å². The van der Waals surface area contributed by atoms with E-state index in [1.54, 1.807) is 62.6 Å². The lowest BCUT2D eigenvalue weighted by Crippen LogP contribution is -2.32. The number of thiophene rings is 1. The number of alkyl carbamates (subject to hydrolysis) is 1. The number of carbonyl (C=O) groups excluding carboxylic acids is 3. The summed E-state index contributed by atoms with van der Waals surface area (Å²) in [6.07, 6.45) is 2.63. The van der Waals surface area contributed by atoms with Gasteiger partial charge in [-0.25, -0.2) is 9.59 Å². The van der Waals surface area contributed by atoms with E-state index in [1.807, 2.05) is 36.6 Å². The first-order valence-electron chi connectivity index (χ1n) is 15.7. The molecule has 2 amide bonds. The van der Waals surface area contributed by atoms with Gasteiger partial charge < -0.3 is 30.6 Å². The number of nitrogens with two attached hydrogens (primary N) is 1. The lowest BCUT2D eigenvalue weighted by molar-refractivity contribution is 0.0522. The van der Waals surface area contributed by atoms with E-state index in [4.69, 9.17) is 19.9 Å². The van der Waals surface area contributed by atoms with Crippen LogP contribution >= 0.6 is 11.3 Å². The van der Waals surface area contributed by atoms with Gasteiger partial charge in [0, 0.05) is 58.7 Å². The van der Waals surface area contributed by atoms with Crippen molar-refractivity contribution in [2.45, 2.75) is 52.7 Å². The van der Waals surface area contributed by atoms with Gasteiger partial charge in [0.25, 0.3) is 5.91 Å². The molecule has 48 heavy (non-hydrogen) atoms. The molecule has 250 valence electrons. The van der Waals surface area contributed by atoms with Gasteiger partial charge in [-0.2, -0.15) is 0 Å². The van der Waals surface area contributed by atoms with Crippen LogP contribution in [0.25, 0.3) is 21.6 Å². The standard InChI is InChI=1S/C37H40N4O6S/c1-6-15-39-21-29-30(38)12-11-25(32(29)35(43)45-5)26-19-31-28(33-23(13-16-46-31)14-17-48-33)18-27(26)34(42)41-24-9-7-22(8-10-24)20-40-36(44)47-37(2,3)4/h7-12,14,17-19,21H,6,13,15-16,20,38H2,1-5H3,(H,40,44)(H,41,42). The van der Waals surface area contributed by atoms with Gasteiger partial charge in [-0.05, 0) is 91.2 Å². The molecule has 4 N–H and O–H groups in total. The van der Waals surface area contributed by atoms with Gasteiger partial charge in [-0.1, -0.05) is 25.1 Å². The Labute approximate surface area is 284 Å². The summed E-state index contributed by atoms with van der Waals surface area (Å²) in [5.41, 5.74) is 11.4. The fourth-order valence-electron chi connectivity index (χ4n) is 5.33. The van der Waals surface area contributed by atoms with E-state index in [0.29, 0.717) is 52.5 Å². The molecule has 10 nitrogen and oxygen atoms in total. The Morgan fingerprint density at radius 2 is 1.81 bits per heavy atom. The zero-order valence-electron chi connectivity index (χ0n) is 27.8. The second-order valence-corrected chi connectivity index (χ2v) is 13.2. The maximum atomic E-state index is 14.2. The van der Waals surface area contributed by atoms with Crippen molar-refractivity contribution in [3.63, 3.8) is 0 Å². The monoisotopic (exact) mass is 668 g/mol. The third-order valence-corrected chi connectivity index (χ3v) is 8.55. The molecule has 4 aromatic rings. The fourth-order valence-corrected chi connectivity index (χ4v) is 6.30. The number of amides is 2. The molecular formula is C37H40N4O6S. The van der Waals surface area contributed by atoms with Crippen molar-refractivity contribution >= 4 is 46.9 Å². The number of hydrogen-bond acceptors (Lipinski definition) is 9. The first kappa shape index (κ1) is 34.2. The average molecular weight is 669 g/mol. The number of hydrogen-bond donors (Lipinski definition) is 3. The van der Waals surface area contributed by atoms with Crippen molar-refractivity contribution in [3.8, 4) is 27.3 Å². The number of nitrogens with one attached hydrogen (secondary N) is 2. The number of methoxy groups -OCH3 is 1. The summed E-state index contributed by atoms with van der Waals surface area (Å²) in [6.45, 7) is 8.70. The molecule has 0 fully saturated rings. The van der Waals surface area contributed by atoms with Crippen LogP contribution in [0.4, 0.5) is 16.2 Å².